The zero-order valence-corrected chi connectivity index (χ0v) is 25.2. The Balaban J connectivity index is 1.30. The maximum Gasteiger partial charge on any atom is 0.253 e. The van der Waals surface area contributed by atoms with Gasteiger partial charge in [-0.1, -0.05) is 20.8 Å². The van der Waals surface area contributed by atoms with Crippen LogP contribution >= 0.6 is 0 Å². The molecule has 1 amide bonds. The van der Waals surface area contributed by atoms with Crippen molar-refractivity contribution >= 4 is 33.1 Å². The number of rotatable bonds is 10. The molecular formula is C30H46N4O5S. The molecule has 2 unspecified atom stereocenters. The van der Waals surface area contributed by atoms with Crippen molar-refractivity contribution in [3.8, 4) is 0 Å². The molecule has 9 nitrogen and oxygen atoms in total. The average molecular weight is 575 g/mol. The number of nitrogens with one attached hydrogen (secondary N) is 2. The highest BCUT2D eigenvalue weighted by Gasteiger charge is 2.65. The first kappa shape index (κ1) is 29.3. The Hall–Kier alpha value is -2.17. The molecule has 0 spiro atoms. The van der Waals surface area contributed by atoms with Gasteiger partial charge in [0.15, 0.2) is 0 Å². The number of morpholine rings is 1. The van der Waals surface area contributed by atoms with Crippen molar-refractivity contribution in [1.29, 1.82) is 0 Å². The molecule has 2 bridgehead atoms. The second kappa shape index (κ2) is 11.6. The summed E-state index contributed by atoms with van der Waals surface area (Å²) in [6.07, 6.45) is 4.94. The van der Waals surface area contributed by atoms with E-state index in [4.69, 9.17) is 4.74 Å². The van der Waals surface area contributed by atoms with E-state index in [1.54, 1.807) is 12.1 Å². The molecule has 2 aliphatic heterocycles. The third-order valence-corrected chi connectivity index (χ3v) is 11.7. The molecule has 40 heavy (non-hydrogen) atoms. The van der Waals surface area contributed by atoms with Crippen LogP contribution in [0, 0.1) is 22.7 Å². The minimum absolute atomic E-state index is 0.0749. The van der Waals surface area contributed by atoms with Crippen LogP contribution in [0.2, 0.25) is 0 Å². The van der Waals surface area contributed by atoms with Gasteiger partial charge in [0.25, 0.3) is 5.91 Å². The molecule has 2 atom stereocenters. The second-order valence-electron chi connectivity index (χ2n) is 13.0. The smallest absolute Gasteiger partial charge is 0.253 e. The standard InChI is InChI=1S/C30H46N4O5S/c1-22-8-13-34(14-9-22)26-6-5-24(20-25(26)28(36)31-11-4-12-33-15-17-39-18-16-33)32-40(37,38)21-30-10-7-23(19-27(30)35)29(30,2)3/h5-6,20,22-23,32H,4,7-19,21H2,1-3H3,(H,31,36). The van der Waals surface area contributed by atoms with E-state index in [0.717, 1.165) is 77.3 Å². The summed E-state index contributed by atoms with van der Waals surface area (Å²) >= 11 is 0. The third-order valence-electron chi connectivity index (χ3n) is 10.3. The van der Waals surface area contributed by atoms with Crippen molar-refractivity contribution in [2.75, 3.05) is 67.9 Å². The third kappa shape index (κ3) is 5.90. The molecule has 2 heterocycles. The quantitative estimate of drug-likeness (QED) is 0.412. The number of hydrogen-bond acceptors (Lipinski definition) is 7. The van der Waals surface area contributed by atoms with E-state index in [9.17, 15) is 18.0 Å². The van der Waals surface area contributed by atoms with Gasteiger partial charge in [0, 0.05) is 50.5 Å². The number of ketones is 1. The zero-order chi connectivity index (χ0) is 28.5. The Morgan fingerprint density at radius 1 is 1.10 bits per heavy atom. The van der Waals surface area contributed by atoms with E-state index in [0.29, 0.717) is 36.6 Å². The first-order valence-electron chi connectivity index (χ1n) is 15.0. The van der Waals surface area contributed by atoms with E-state index < -0.39 is 15.4 Å². The van der Waals surface area contributed by atoms with Crippen LogP contribution in [0.1, 0.15) is 69.7 Å². The Morgan fingerprint density at radius 2 is 1.82 bits per heavy atom. The summed E-state index contributed by atoms with van der Waals surface area (Å²) in [5.74, 6) is 0.570. The Labute approximate surface area is 239 Å². The second-order valence-corrected chi connectivity index (χ2v) is 14.7. The number of piperidine rings is 1. The van der Waals surface area contributed by atoms with Crippen LogP contribution in [-0.2, 0) is 19.6 Å². The number of amides is 1. The van der Waals surface area contributed by atoms with Crippen LogP contribution in [0.15, 0.2) is 18.2 Å². The lowest BCUT2D eigenvalue weighted by atomic mass is 9.70. The zero-order valence-electron chi connectivity index (χ0n) is 24.3. The maximum absolute atomic E-state index is 13.5. The van der Waals surface area contributed by atoms with E-state index in [2.05, 4.69) is 26.8 Å². The van der Waals surface area contributed by atoms with Crippen molar-refractivity contribution in [1.82, 2.24) is 10.2 Å². The van der Waals surface area contributed by atoms with Crippen molar-refractivity contribution in [3.63, 3.8) is 0 Å². The molecule has 2 saturated carbocycles. The summed E-state index contributed by atoms with van der Waals surface area (Å²) < 4.78 is 35.0. The monoisotopic (exact) mass is 574 g/mol. The van der Waals surface area contributed by atoms with E-state index >= 15 is 0 Å². The number of Topliss-reactive ketones (excluding diaryl/α,β-unsaturated/α-hetero) is 1. The summed E-state index contributed by atoms with van der Waals surface area (Å²) in [6, 6.07) is 5.28. The number of carbonyl (C=O) groups is 2. The molecule has 2 aliphatic carbocycles. The van der Waals surface area contributed by atoms with Gasteiger partial charge in [0.1, 0.15) is 5.78 Å². The Morgan fingerprint density at radius 3 is 2.48 bits per heavy atom. The summed E-state index contributed by atoms with van der Waals surface area (Å²) in [7, 11) is -3.82. The number of fused-ring (bicyclic) bond motifs is 2. The number of ether oxygens (including phenoxy) is 1. The van der Waals surface area contributed by atoms with Gasteiger partial charge < -0.3 is 15.0 Å². The van der Waals surface area contributed by atoms with Gasteiger partial charge in [0.05, 0.1) is 29.9 Å². The highest BCUT2D eigenvalue weighted by molar-refractivity contribution is 7.92. The van der Waals surface area contributed by atoms with Crippen molar-refractivity contribution in [3.05, 3.63) is 23.8 Å². The molecule has 2 N–H and O–H groups in total. The van der Waals surface area contributed by atoms with Crippen LogP contribution in [0.4, 0.5) is 11.4 Å². The lowest BCUT2D eigenvalue weighted by Gasteiger charge is -2.36. The number of sulfonamides is 1. The Bertz CT molecular complexity index is 1200. The predicted octanol–water partition coefficient (Wildman–Crippen LogP) is 3.51. The highest BCUT2D eigenvalue weighted by Crippen LogP contribution is 2.64. The number of anilines is 2. The van der Waals surface area contributed by atoms with Crippen molar-refractivity contribution < 1.29 is 22.7 Å². The fourth-order valence-corrected chi connectivity index (χ4v) is 9.26. The van der Waals surface area contributed by atoms with Gasteiger partial charge in [-0.2, -0.15) is 0 Å². The van der Waals surface area contributed by atoms with Gasteiger partial charge in [-0.25, -0.2) is 8.42 Å². The number of carbonyl (C=O) groups excluding carboxylic acids is 2. The van der Waals surface area contributed by atoms with Crippen molar-refractivity contribution in [2.24, 2.45) is 22.7 Å². The summed E-state index contributed by atoms with van der Waals surface area (Å²) in [5.41, 5.74) is 0.513. The summed E-state index contributed by atoms with van der Waals surface area (Å²) in [5, 5.41) is 3.07. The normalized spacial score (nSPS) is 27.2. The Kier molecular flexibility index (Phi) is 8.51. The lowest BCUT2D eigenvalue weighted by molar-refractivity contribution is -0.128. The predicted molar refractivity (Wildman–Crippen MR) is 157 cm³/mol. The van der Waals surface area contributed by atoms with E-state index in [1.807, 2.05) is 19.9 Å². The van der Waals surface area contributed by atoms with Crippen LogP contribution in [0.25, 0.3) is 0 Å². The molecule has 2 saturated heterocycles. The fraction of sp³-hybridized carbons (Fsp3) is 0.733. The molecule has 4 aliphatic rings. The molecule has 0 aromatic heterocycles. The number of benzene rings is 1. The topological polar surface area (TPSA) is 108 Å². The highest BCUT2D eigenvalue weighted by atomic mass is 32.2. The molecule has 4 fully saturated rings. The molecular weight excluding hydrogens is 528 g/mol. The molecule has 222 valence electrons. The van der Waals surface area contributed by atoms with Crippen LogP contribution in [0.3, 0.4) is 0 Å². The van der Waals surface area contributed by atoms with Gasteiger partial charge in [-0.05, 0) is 74.1 Å². The minimum Gasteiger partial charge on any atom is -0.379 e. The van der Waals surface area contributed by atoms with Gasteiger partial charge >= 0.3 is 0 Å². The van der Waals surface area contributed by atoms with Crippen molar-refractivity contribution in [2.45, 2.75) is 59.3 Å². The van der Waals surface area contributed by atoms with Crippen LogP contribution in [0.5, 0.6) is 0 Å². The maximum atomic E-state index is 13.5. The van der Waals surface area contributed by atoms with Crippen LogP contribution < -0.4 is 14.9 Å². The van der Waals surface area contributed by atoms with Gasteiger partial charge in [-0.15, -0.1) is 0 Å². The summed E-state index contributed by atoms with van der Waals surface area (Å²) in [6.45, 7) is 12.8. The lowest BCUT2D eigenvalue weighted by Crippen LogP contribution is -2.43. The van der Waals surface area contributed by atoms with Crippen LogP contribution in [-0.4, -0.2) is 83.2 Å². The minimum atomic E-state index is -3.82. The number of nitrogens with zero attached hydrogens (tertiary/aromatic N) is 2. The summed E-state index contributed by atoms with van der Waals surface area (Å²) in [4.78, 5) is 31.0. The van der Waals surface area contributed by atoms with E-state index in [-0.39, 0.29) is 28.8 Å². The first-order chi connectivity index (χ1) is 19.0. The van der Waals surface area contributed by atoms with E-state index in [1.165, 1.54) is 0 Å². The molecule has 1 aromatic rings. The first-order valence-corrected chi connectivity index (χ1v) is 16.7. The van der Waals surface area contributed by atoms with Gasteiger partial charge in [0.2, 0.25) is 10.0 Å². The number of hydrogen-bond donors (Lipinski definition) is 2. The average Bonchev–Trinajstić information content (AvgIpc) is 3.26. The molecule has 5 rings (SSSR count). The van der Waals surface area contributed by atoms with Gasteiger partial charge in [-0.3, -0.25) is 19.2 Å². The molecule has 0 radical (unpaired) electrons. The molecule has 1 aromatic carbocycles. The SMILES string of the molecule is CC1CCN(c2ccc(NS(=O)(=O)CC34CCC(CC3=O)C4(C)C)cc2C(=O)NCCCN2CCOCC2)CC1. The largest absolute Gasteiger partial charge is 0.379 e. The fourth-order valence-electron chi connectivity index (χ4n) is 7.38. The molecule has 10 heteroatoms.